The summed E-state index contributed by atoms with van der Waals surface area (Å²) in [6.45, 7) is 4.36. The molecule has 188 valence electrons. The van der Waals surface area contributed by atoms with Gasteiger partial charge in [0.05, 0.1) is 11.1 Å². The molecule has 1 aromatic carbocycles. The molecule has 2 rings (SSSR count). The molecule has 0 aliphatic rings. The van der Waals surface area contributed by atoms with Crippen molar-refractivity contribution in [2.24, 2.45) is 0 Å². The predicted molar refractivity (Wildman–Crippen MR) is 137 cm³/mol. The van der Waals surface area contributed by atoms with Crippen LogP contribution in [0, 0.1) is 0 Å². The number of benzene rings is 1. The van der Waals surface area contributed by atoms with E-state index in [1.165, 1.54) is 38.5 Å². The van der Waals surface area contributed by atoms with Gasteiger partial charge in [-0.15, -0.1) is 0 Å². The maximum Gasteiger partial charge on any atom is 0.336 e. The lowest BCUT2D eigenvalue weighted by Gasteiger charge is -2.14. The Labute approximate surface area is 204 Å². The van der Waals surface area contributed by atoms with Crippen molar-refractivity contribution < 1.29 is 19.8 Å². The minimum absolute atomic E-state index is 0.00420. The van der Waals surface area contributed by atoms with E-state index in [9.17, 15) is 19.8 Å². The Hall–Kier alpha value is -2.76. The molecular formula is C28H42N2O4. The van der Waals surface area contributed by atoms with Crippen LogP contribution in [-0.2, 0) is 12.8 Å². The van der Waals surface area contributed by atoms with E-state index in [0.717, 1.165) is 38.5 Å². The van der Waals surface area contributed by atoms with Crippen LogP contribution in [0.3, 0.4) is 0 Å². The maximum absolute atomic E-state index is 11.9. The average Bonchev–Trinajstić information content (AvgIpc) is 2.84. The number of aromatic carboxylic acids is 2. The summed E-state index contributed by atoms with van der Waals surface area (Å²) in [5.41, 5.74) is 1.33. The number of carboxylic acid groups (broad SMARTS) is 2. The van der Waals surface area contributed by atoms with Gasteiger partial charge in [0.25, 0.3) is 0 Å². The van der Waals surface area contributed by atoms with E-state index < -0.39 is 11.9 Å². The van der Waals surface area contributed by atoms with Gasteiger partial charge in [-0.3, -0.25) is 0 Å². The van der Waals surface area contributed by atoms with Crippen LogP contribution in [0.4, 0.5) is 0 Å². The third kappa shape index (κ3) is 11.9. The molecule has 2 N–H and O–H groups in total. The van der Waals surface area contributed by atoms with Crippen LogP contribution in [0.2, 0.25) is 0 Å². The van der Waals surface area contributed by atoms with Gasteiger partial charge < -0.3 is 10.2 Å². The lowest BCUT2D eigenvalue weighted by molar-refractivity contribution is 0.0649. The molecule has 0 spiro atoms. The van der Waals surface area contributed by atoms with Crippen LogP contribution in [0.1, 0.15) is 123 Å². The summed E-state index contributed by atoms with van der Waals surface area (Å²) in [6, 6.07) is 7.34. The van der Waals surface area contributed by atoms with Gasteiger partial charge in [0.15, 0.2) is 0 Å². The van der Waals surface area contributed by atoms with Crippen LogP contribution in [-0.4, -0.2) is 32.3 Å². The molecule has 0 radical (unpaired) electrons. The van der Waals surface area contributed by atoms with E-state index in [-0.39, 0.29) is 11.1 Å². The molecule has 1 heterocycles. The van der Waals surface area contributed by atoms with Gasteiger partial charge in [-0.25, -0.2) is 9.59 Å². The molecule has 0 aliphatic heterocycles. The third-order valence-corrected chi connectivity index (χ3v) is 5.89. The highest BCUT2D eigenvalue weighted by Gasteiger charge is 2.23. The highest BCUT2D eigenvalue weighted by Crippen LogP contribution is 2.24. The zero-order valence-electron chi connectivity index (χ0n) is 21.0. The highest BCUT2D eigenvalue weighted by molar-refractivity contribution is 6.03. The van der Waals surface area contributed by atoms with Crippen LogP contribution >= 0.6 is 0 Å². The zero-order chi connectivity index (χ0) is 25.0. The quantitative estimate of drug-likeness (QED) is 0.248. The van der Waals surface area contributed by atoms with Crippen molar-refractivity contribution in [3.8, 4) is 0 Å². The number of carboxylic acids is 2. The number of nitrogens with zero attached hydrogens (tertiary/aromatic N) is 2. The zero-order valence-corrected chi connectivity index (χ0v) is 21.0. The van der Waals surface area contributed by atoms with Crippen LogP contribution < -0.4 is 0 Å². The van der Waals surface area contributed by atoms with Crippen LogP contribution in [0.25, 0.3) is 0 Å². The number of aromatic nitrogens is 2. The standard InChI is InChI=1S/C24H38O4.C4H4N2/c1-3-5-7-9-11-13-15-19-17-18-20(16-14-12-10-8-6-4-2)22(24(27)28)21(19)23(25)26;1-2-4-6-5-3-1/h17-18H,3-16H2,1-2H3,(H,25,26)(H,27,28);1-4H. The summed E-state index contributed by atoms with van der Waals surface area (Å²) in [6.07, 6.45) is 18.0. The number of aryl methyl sites for hydroxylation is 2. The van der Waals surface area contributed by atoms with E-state index in [0.29, 0.717) is 24.0 Å². The van der Waals surface area contributed by atoms with Gasteiger partial charge >= 0.3 is 11.9 Å². The number of rotatable bonds is 16. The maximum atomic E-state index is 11.9. The summed E-state index contributed by atoms with van der Waals surface area (Å²) in [5.74, 6) is -2.24. The van der Waals surface area contributed by atoms with E-state index >= 15 is 0 Å². The first kappa shape index (κ1) is 29.3. The Balaban J connectivity index is 0.000000830. The van der Waals surface area contributed by atoms with Crippen molar-refractivity contribution in [3.05, 3.63) is 58.9 Å². The first-order chi connectivity index (χ1) is 16.5. The van der Waals surface area contributed by atoms with Gasteiger partial charge in [-0.1, -0.05) is 90.2 Å². The fourth-order valence-electron chi connectivity index (χ4n) is 4.04. The number of unbranched alkanes of at least 4 members (excludes halogenated alkanes) is 10. The summed E-state index contributed by atoms with van der Waals surface area (Å²) in [5, 5.41) is 26.5. The minimum Gasteiger partial charge on any atom is -0.478 e. The van der Waals surface area contributed by atoms with Crippen molar-refractivity contribution in [1.29, 1.82) is 0 Å². The highest BCUT2D eigenvalue weighted by atomic mass is 16.4. The van der Waals surface area contributed by atoms with Crippen LogP contribution in [0.5, 0.6) is 0 Å². The van der Waals surface area contributed by atoms with E-state index in [2.05, 4.69) is 24.0 Å². The molecule has 34 heavy (non-hydrogen) atoms. The Morgan fingerprint density at radius 1 is 0.618 bits per heavy atom. The van der Waals surface area contributed by atoms with Gasteiger partial charge in [-0.05, 0) is 48.9 Å². The van der Waals surface area contributed by atoms with Crippen LogP contribution in [0.15, 0.2) is 36.7 Å². The SMILES string of the molecule is CCCCCCCCc1ccc(CCCCCCCC)c(C(=O)O)c1C(=O)O.c1ccnnc1. The smallest absolute Gasteiger partial charge is 0.336 e. The lowest BCUT2D eigenvalue weighted by atomic mass is 9.90. The van der Waals surface area contributed by atoms with Crippen molar-refractivity contribution in [1.82, 2.24) is 10.2 Å². The lowest BCUT2D eigenvalue weighted by Crippen LogP contribution is -2.15. The molecule has 0 fully saturated rings. The Bertz CT molecular complexity index is 745. The molecule has 0 aliphatic carbocycles. The molecular weight excluding hydrogens is 428 g/mol. The molecule has 6 heteroatoms. The molecule has 6 nitrogen and oxygen atoms in total. The van der Waals surface area contributed by atoms with Gasteiger partial charge in [0, 0.05) is 12.4 Å². The summed E-state index contributed by atoms with van der Waals surface area (Å²) in [4.78, 5) is 23.7. The third-order valence-electron chi connectivity index (χ3n) is 5.89. The van der Waals surface area contributed by atoms with Gasteiger partial charge in [-0.2, -0.15) is 10.2 Å². The van der Waals surface area contributed by atoms with E-state index in [4.69, 9.17) is 0 Å². The van der Waals surface area contributed by atoms with Crippen molar-refractivity contribution >= 4 is 11.9 Å². The molecule has 0 amide bonds. The largest absolute Gasteiger partial charge is 0.478 e. The monoisotopic (exact) mass is 470 g/mol. The average molecular weight is 471 g/mol. The number of carbonyl (C=O) groups is 2. The summed E-state index contributed by atoms with van der Waals surface area (Å²) >= 11 is 0. The van der Waals surface area contributed by atoms with Crippen molar-refractivity contribution in [2.75, 3.05) is 0 Å². The van der Waals surface area contributed by atoms with Gasteiger partial charge in [0.1, 0.15) is 0 Å². The normalized spacial score (nSPS) is 10.4. The van der Waals surface area contributed by atoms with Crippen molar-refractivity contribution in [3.63, 3.8) is 0 Å². The van der Waals surface area contributed by atoms with E-state index in [1.54, 1.807) is 12.4 Å². The second-order valence-corrected chi connectivity index (χ2v) is 8.69. The fourth-order valence-corrected chi connectivity index (χ4v) is 4.04. The van der Waals surface area contributed by atoms with Crippen molar-refractivity contribution in [2.45, 2.75) is 104 Å². The predicted octanol–water partition coefficient (Wildman–Crippen LogP) is 7.37. The summed E-state index contributed by atoms with van der Waals surface area (Å²) < 4.78 is 0. The first-order valence-electron chi connectivity index (χ1n) is 12.9. The number of hydrogen-bond acceptors (Lipinski definition) is 4. The molecule has 2 aromatic rings. The number of hydrogen-bond donors (Lipinski definition) is 2. The molecule has 0 unspecified atom stereocenters. The fraction of sp³-hybridized carbons (Fsp3) is 0.571. The second-order valence-electron chi connectivity index (χ2n) is 8.69. The second kappa shape index (κ2) is 18.6. The molecule has 1 aromatic heterocycles. The topological polar surface area (TPSA) is 100 Å². The molecule has 0 saturated heterocycles. The Morgan fingerprint density at radius 3 is 1.26 bits per heavy atom. The molecule has 0 saturated carbocycles. The van der Waals surface area contributed by atoms with E-state index in [1.807, 2.05) is 24.3 Å². The minimum atomic E-state index is -1.12. The first-order valence-corrected chi connectivity index (χ1v) is 12.9. The summed E-state index contributed by atoms with van der Waals surface area (Å²) in [7, 11) is 0. The van der Waals surface area contributed by atoms with Gasteiger partial charge in [0.2, 0.25) is 0 Å². The molecule has 0 bridgehead atoms. The Morgan fingerprint density at radius 2 is 0.971 bits per heavy atom. The Kier molecular flexibility index (Phi) is 16.1. The molecule has 0 atom stereocenters.